The van der Waals surface area contributed by atoms with E-state index in [1.54, 1.807) is 0 Å². The number of hydrogen-bond acceptors (Lipinski definition) is 6. The molecule has 3 rings (SSSR count). The Balaban J connectivity index is 2.16. The van der Waals surface area contributed by atoms with Gasteiger partial charge in [-0.2, -0.15) is 0 Å². The molecule has 1 heterocycles. The van der Waals surface area contributed by atoms with Gasteiger partial charge in [0, 0.05) is 25.2 Å². The average molecular weight is 375 g/mol. The molecule has 0 fully saturated rings. The number of carbonyl (C=O) groups excluding carboxylic acids is 1. The number of nitro groups is 1. The molecule has 27 heavy (non-hydrogen) atoms. The first-order valence-corrected chi connectivity index (χ1v) is 7.83. The average Bonchev–Trinajstić information content (AvgIpc) is 2.58. The van der Waals surface area contributed by atoms with E-state index in [2.05, 4.69) is 0 Å². The topological polar surface area (TPSA) is 98.7 Å². The molecule has 0 radical (unpaired) electrons. The molecule has 0 saturated carbocycles. The fourth-order valence-corrected chi connectivity index (χ4v) is 2.96. The predicted molar refractivity (Wildman–Crippen MR) is 95.6 cm³/mol. The Labute approximate surface area is 152 Å². The first-order valence-electron chi connectivity index (χ1n) is 7.83. The minimum Gasteiger partial charge on any atom is -0.449 e. The quantitative estimate of drug-likeness (QED) is 0.381. The zero-order valence-corrected chi connectivity index (χ0v) is 14.4. The van der Waals surface area contributed by atoms with Crippen LogP contribution in [0.25, 0.3) is 5.76 Å². The molecule has 2 N–H and O–H groups in total. The van der Waals surface area contributed by atoms with Crippen molar-refractivity contribution in [2.45, 2.75) is 5.92 Å². The fourth-order valence-electron chi connectivity index (χ4n) is 2.96. The smallest absolute Gasteiger partial charge is 0.334 e. The normalized spacial score (nSPS) is 15.4. The maximum atomic E-state index is 14.3. The number of nitrogen functional groups attached to an aromatic ring is 1. The molecule has 0 bridgehead atoms. The van der Waals surface area contributed by atoms with Crippen molar-refractivity contribution in [1.82, 2.24) is 0 Å². The second kappa shape index (κ2) is 6.67. The van der Waals surface area contributed by atoms with Crippen LogP contribution in [0.3, 0.4) is 0 Å². The molecule has 1 aliphatic heterocycles. The van der Waals surface area contributed by atoms with Crippen molar-refractivity contribution in [2.24, 2.45) is 0 Å². The van der Waals surface area contributed by atoms with Crippen molar-refractivity contribution >= 4 is 29.1 Å². The molecule has 2 aromatic rings. The van der Waals surface area contributed by atoms with Gasteiger partial charge in [0.05, 0.1) is 10.8 Å². The van der Waals surface area contributed by atoms with Crippen LogP contribution in [0.4, 0.5) is 25.8 Å². The van der Waals surface area contributed by atoms with Gasteiger partial charge in [0.15, 0.2) is 0 Å². The van der Waals surface area contributed by atoms with Gasteiger partial charge in [0.1, 0.15) is 35.1 Å². The molecule has 2 aromatic carbocycles. The molecule has 1 atom stereocenters. The number of nitrogens with zero attached hydrogens (tertiary/aromatic N) is 2. The van der Waals surface area contributed by atoms with Gasteiger partial charge in [-0.25, -0.2) is 8.78 Å². The van der Waals surface area contributed by atoms with E-state index >= 15 is 0 Å². The molecule has 0 spiro atoms. The van der Waals surface area contributed by atoms with Gasteiger partial charge in [-0.15, -0.1) is 0 Å². The number of halogens is 2. The molecule has 140 valence electrons. The summed E-state index contributed by atoms with van der Waals surface area (Å²) in [5.74, 6) is -2.85. The van der Waals surface area contributed by atoms with E-state index in [-0.39, 0.29) is 34.0 Å². The highest BCUT2D eigenvalue weighted by atomic mass is 19.1. The highest BCUT2D eigenvalue weighted by Gasteiger charge is 2.32. The lowest BCUT2D eigenvalue weighted by molar-refractivity contribution is -0.384. The summed E-state index contributed by atoms with van der Waals surface area (Å²) in [6.45, 7) is 0. The molecule has 0 saturated heterocycles. The lowest BCUT2D eigenvalue weighted by atomic mass is 9.93. The van der Waals surface area contributed by atoms with Crippen LogP contribution in [0.5, 0.6) is 5.75 Å². The highest BCUT2D eigenvalue weighted by molar-refractivity contribution is 5.82. The summed E-state index contributed by atoms with van der Waals surface area (Å²) in [5.41, 5.74) is 5.03. The second-order valence-corrected chi connectivity index (χ2v) is 6.16. The number of allylic oxidation sites excluding steroid dienone is 1. The minimum atomic E-state index is -0.886. The zero-order chi connectivity index (χ0) is 19.9. The first kappa shape index (κ1) is 18.3. The first-order chi connectivity index (χ1) is 12.7. The highest BCUT2D eigenvalue weighted by Crippen LogP contribution is 2.45. The van der Waals surface area contributed by atoms with Gasteiger partial charge < -0.3 is 20.2 Å². The van der Waals surface area contributed by atoms with E-state index in [0.29, 0.717) is 6.29 Å². The van der Waals surface area contributed by atoms with Gasteiger partial charge in [0.2, 0.25) is 5.75 Å². The van der Waals surface area contributed by atoms with Crippen LogP contribution in [-0.2, 0) is 4.79 Å². The summed E-state index contributed by atoms with van der Waals surface area (Å²) in [7, 11) is 2.98. The maximum Gasteiger partial charge on any atom is 0.334 e. The van der Waals surface area contributed by atoms with Gasteiger partial charge in [0.25, 0.3) is 0 Å². The number of nitro benzene ring substituents is 1. The van der Waals surface area contributed by atoms with Crippen LogP contribution < -0.4 is 15.4 Å². The number of rotatable bonds is 4. The number of aldehydes is 1. The predicted octanol–water partition coefficient (Wildman–Crippen LogP) is 3.24. The number of nitrogens with two attached hydrogens (primary N) is 1. The monoisotopic (exact) mass is 375 g/mol. The van der Waals surface area contributed by atoms with Crippen LogP contribution >= 0.6 is 0 Å². The molecular weight excluding hydrogens is 360 g/mol. The van der Waals surface area contributed by atoms with Gasteiger partial charge in [-0.1, -0.05) is 6.07 Å². The van der Waals surface area contributed by atoms with Crippen molar-refractivity contribution in [3.8, 4) is 5.75 Å². The third-order valence-electron chi connectivity index (χ3n) is 4.17. The fraction of sp³-hybridized carbons (Fsp3) is 0.167. The molecule has 0 aliphatic carbocycles. The Kier molecular flexibility index (Phi) is 4.52. The summed E-state index contributed by atoms with van der Waals surface area (Å²) >= 11 is 0. The third-order valence-corrected chi connectivity index (χ3v) is 4.17. The number of anilines is 2. The van der Waals surface area contributed by atoms with E-state index in [0.717, 1.165) is 12.1 Å². The number of benzene rings is 2. The number of fused-ring (bicyclic) bond motifs is 1. The Morgan fingerprint density at radius 3 is 2.41 bits per heavy atom. The summed E-state index contributed by atoms with van der Waals surface area (Å²) < 4.78 is 34.2. The summed E-state index contributed by atoms with van der Waals surface area (Å²) in [6.07, 6.45) is 1.90. The van der Waals surface area contributed by atoms with Gasteiger partial charge >= 0.3 is 5.69 Å². The third kappa shape index (κ3) is 3.07. The Morgan fingerprint density at radius 2 is 1.89 bits per heavy atom. The Morgan fingerprint density at radius 1 is 1.26 bits per heavy atom. The van der Waals surface area contributed by atoms with Crippen molar-refractivity contribution in [1.29, 1.82) is 0 Å². The van der Waals surface area contributed by atoms with Crippen LogP contribution in [0.15, 0.2) is 30.3 Å². The molecule has 1 aliphatic rings. The second-order valence-electron chi connectivity index (χ2n) is 6.16. The van der Waals surface area contributed by atoms with Crippen LogP contribution in [0.1, 0.15) is 17.0 Å². The van der Waals surface area contributed by atoms with Gasteiger partial charge in [-0.3, -0.25) is 10.1 Å². The zero-order valence-electron chi connectivity index (χ0n) is 14.4. The minimum absolute atomic E-state index is 0.00447. The molecule has 9 heteroatoms. The summed E-state index contributed by atoms with van der Waals surface area (Å²) in [6, 6.07) is 4.83. The number of ether oxygens (including phenoxy) is 1. The van der Waals surface area contributed by atoms with E-state index < -0.39 is 28.2 Å². The molecule has 7 nitrogen and oxygen atoms in total. The summed E-state index contributed by atoms with van der Waals surface area (Å²) in [5, 5.41) is 11.4. The Hall–Kier alpha value is -3.49. The molecule has 0 amide bonds. The van der Waals surface area contributed by atoms with Crippen LogP contribution in [-0.4, -0.2) is 25.3 Å². The van der Waals surface area contributed by atoms with Crippen molar-refractivity contribution in [3.63, 3.8) is 0 Å². The summed E-state index contributed by atoms with van der Waals surface area (Å²) in [4.78, 5) is 23.4. The maximum absolute atomic E-state index is 14.3. The molecular formula is C18H15F2N3O4. The lowest BCUT2D eigenvalue weighted by Gasteiger charge is -2.23. The van der Waals surface area contributed by atoms with Crippen molar-refractivity contribution in [2.75, 3.05) is 24.7 Å². The lowest BCUT2D eigenvalue weighted by Crippen LogP contribution is -2.15. The largest absolute Gasteiger partial charge is 0.449 e. The van der Waals surface area contributed by atoms with Crippen molar-refractivity contribution in [3.05, 3.63) is 63.2 Å². The van der Waals surface area contributed by atoms with E-state index in [4.69, 9.17) is 10.5 Å². The van der Waals surface area contributed by atoms with E-state index in [1.807, 2.05) is 0 Å². The van der Waals surface area contributed by atoms with Crippen LogP contribution in [0, 0.1) is 21.7 Å². The Bertz CT molecular complexity index is 966. The number of carbonyl (C=O) groups is 1. The molecule has 0 aromatic heterocycles. The van der Waals surface area contributed by atoms with E-state index in [1.165, 1.54) is 37.2 Å². The SMILES string of the molecule is CN(C)c1c(F)cc(C2=CC(C=O)c3ccc(N)c([N+](=O)[O-])c3O2)cc1F. The van der Waals surface area contributed by atoms with Gasteiger partial charge in [-0.05, 0) is 24.3 Å². The van der Waals surface area contributed by atoms with Crippen molar-refractivity contribution < 1.29 is 23.2 Å². The molecule has 1 unspecified atom stereocenters. The number of hydrogen-bond donors (Lipinski definition) is 1. The van der Waals surface area contributed by atoms with Crippen LogP contribution in [0.2, 0.25) is 0 Å². The van der Waals surface area contributed by atoms with E-state index in [9.17, 15) is 23.7 Å². The standard InChI is InChI=1S/C18H15F2N3O4/c1-22(2)16-12(19)5-9(6-13(16)20)15-7-10(8-24)11-3-4-14(21)17(23(25)26)18(11)27-15/h3-8,10H,21H2,1-2H3.